The van der Waals surface area contributed by atoms with Crippen LogP contribution in [0.2, 0.25) is 0 Å². The van der Waals surface area contributed by atoms with E-state index in [1.165, 1.54) is 88.7 Å². The van der Waals surface area contributed by atoms with Crippen molar-refractivity contribution in [3.05, 3.63) is 168 Å². The molecule has 2 aliphatic carbocycles. The number of benzene rings is 6. The maximum atomic E-state index is 2.45. The number of nitrogens with zero attached hydrogens (tertiary/aromatic N) is 2. The Morgan fingerprint density at radius 3 is 1.44 bits per heavy atom. The van der Waals surface area contributed by atoms with Crippen molar-refractivity contribution in [1.29, 1.82) is 0 Å². The zero-order valence-electron chi connectivity index (χ0n) is 26.7. The fourth-order valence-corrected chi connectivity index (χ4v) is 8.38. The average Bonchev–Trinajstić information content (AvgIpc) is 3.68. The molecule has 2 heteroatoms. The minimum Gasteiger partial charge on any atom is -0.310 e. The van der Waals surface area contributed by atoms with E-state index in [-0.39, 0.29) is 0 Å². The number of para-hydroxylation sites is 2. The molecule has 228 valence electrons. The second-order valence-corrected chi connectivity index (χ2v) is 13.1. The average molecular weight is 615 g/mol. The van der Waals surface area contributed by atoms with E-state index >= 15 is 0 Å². The molecule has 0 fully saturated rings. The van der Waals surface area contributed by atoms with E-state index in [9.17, 15) is 0 Å². The smallest absolute Gasteiger partial charge is 0.0537 e. The maximum Gasteiger partial charge on any atom is 0.0537 e. The Hall–Kier alpha value is -5.86. The monoisotopic (exact) mass is 614 g/mol. The lowest BCUT2D eigenvalue weighted by molar-refractivity contribution is 0.968. The Kier molecular flexibility index (Phi) is 6.17. The van der Waals surface area contributed by atoms with Gasteiger partial charge in [-0.3, -0.25) is 0 Å². The fourth-order valence-electron chi connectivity index (χ4n) is 8.38. The molecular formula is C46H34N2. The molecule has 0 spiro atoms. The molecule has 2 aliphatic rings. The SMILES string of the molecule is C1=Cc2c(c3ccccc3n2-c2cccc(-c3cccc4cccc(-c5cccc(-n6c7c(c8ccccc86)CCC=C7)c5)c34)c2)CC1. The molecule has 2 heterocycles. The van der Waals surface area contributed by atoms with Crippen molar-refractivity contribution in [2.45, 2.75) is 25.7 Å². The van der Waals surface area contributed by atoms with E-state index in [1.54, 1.807) is 0 Å². The molecule has 2 nitrogen and oxygen atoms in total. The fraction of sp³-hybridized carbons (Fsp3) is 0.0870. The van der Waals surface area contributed by atoms with Crippen LogP contribution in [0, 0.1) is 0 Å². The van der Waals surface area contributed by atoms with E-state index < -0.39 is 0 Å². The maximum absolute atomic E-state index is 2.45. The van der Waals surface area contributed by atoms with Crippen molar-refractivity contribution in [1.82, 2.24) is 9.13 Å². The van der Waals surface area contributed by atoms with Gasteiger partial charge in [0.25, 0.3) is 0 Å². The summed E-state index contributed by atoms with van der Waals surface area (Å²) in [6.07, 6.45) is 13.6. The van der Waals surface area contributed by atoms with Gasteiger partial charge in [-0.25, -0.2) is 0 Å². The highest BCUT2D eigenvalue weighted by Crippen LogP contribution is 2.40. The molecule has 0 N–H and O–H groups in total. The summed E-state index contributed by atoms with van der Waals surface area (Å²) in [4.78, 5) is 0. The highest BCUT2D eigenvalue weighted by atomic mass is 15.0. The van der Waals surface area contributed by atoms with Crippen LogP contribution >= 0.6 is 0 Å². The summed E-state index contributed by atoms with van der Waals surface area (Å²) in [7, 11) is 0. The summed E-state index contributed by atoms with van der Waals surface area (Å²) in [5.41, 5.74) is 15.4. The topological polar surface area (TPSA) is 9.86 Å². The summed E-state index contributed by atoms with van der Waals surface area (Å²) >= 11 is 0. The lowest BCUT2D eigenvalue weighted by Gasteiger charge is -2.17. The Bertz CT molecular complexity index is 2440. The van der Waals surface area contributed by atoms with Gasteiger partial charge in [0.15, 0.2) is 0 Å². The molecule has 0 bridgehead atoms. The summed E-state index contributed by atoms with van der Waals surface area (Å²) in [5, 5.41) is 5.26. The van der Waals surface area contributed by atoms with Crippen LogP contribution in [-0.4, -0.2) is 9.13 Å². The minimum atomic E-state index is 1.09. The molecule has 0 atom stereocenters. The predicted molar refractivity (Wildman–Crippen MR) is 203 cm³/mol. The Morgan fingerprint density at radius 2 is 0.917 bits per heavy atom. The zero-order valence-corrected chi connectivity index (χ0v) is 26.7. The van der Waals surface area contributed by atoms with Gasteiger partial charge in [0.1, 0.15) is 0 Å². The van der Waals surface area contributed by atoms with Gasteiger partial charge in [0.2, 0.25) is 0 Å². The van der Waals surface area contributed by atoms with Crippen LogP contribution in [0.1, 0.15) is 35.4 Å². The second kappa shape index (κ2) is 10.9. The van der Waals surface area contributed by atoms with Gasteiger partial charge >= 0.3 is 0 Å². The quantitative estimate of drug-likeness (QED) is 0.187. The number of hydrogen-bond donors (Lipinski definition) is 0. The second-order valence-electron chi connectivity index (χ2n) is 13.1. The van der Waals surface area contributed by atoms with Crippen LogP contribution < -0.4 is 0 Å². The number of allylic oxidation sites excluding steroid dienone is 2. The Labute approximate surface area is 280 Å². The summed E-state index contributed by atoms with van der Waals surface area (Å²) < 4.78 is 4.91. The van der Waals surface area contributed by atoms with Gasteiger partial charge in [0.05, 0.1) is 11.0 Å². The van der Waals surface area contributed by atoms with Crippen molar-refractivity contribution in [3.63, 3.8) is 0 Å². The highest BCUT2D eigenvalue weighted by molar-refractivity contribution is 6.07. The van der Waals surface area contributed by atoms with Gasteiger partial charge in [-0.1, -0.05) is 109 Å². The first kappa shape index (κ1) is 27.3. The first-order chi connectivity index (χ1) is 23.8. The predicted octanol–water partition coefficient (Wildman–Crippen LogP) is 12.0. The van der Waals surface area contributed by atoms with Crippen LogP contribution in [0.25, 0.3) is 78.4 Å². The standard InChI is InChI=1S/C46H34N2/c1-5-25-42-38(19-1)39-20-2-6-26-43(39)47(42)34-17-9-15-32(29-34)36-23-11-13-31-14-12-24-37(46(31)36)33-16-10-18-35(30-33)48-44-27-7-3-21-40(44)41-22-4-8-28-45(41)48/h1,3,5-19,21,23-30H,2,4,20,22H2. The van der Waals surface area contributed by atoms with Gasteiger partial charge in [-0.15, -0.1) is 0 Å². The van der Waals surface area contributed by atoms with Crippen molar-refractivity contribution < 1.29 is 0 Å². The van der Waals surface area contributed by atoms with Crippen molar-refractivity contribution in [3.8, 4) is 33.6 Å². The third-order valence-electron chi connectivity index (χ3n) is 10.4. The molecule has 6 aromatic carbocycles. The number of fused-ring (bicyclic) bond motifs is 7. The molecule has 0 saturated carbocycles. The van der Waals surface area contributed by atoms with Crippen molar-refractivity contribution in [2.24, 2.45) is 0 Å². The lowest BCUT2D eigenvalue weighted by atomic mass is 9.91. The molecular weight excluding hydrogens is 581 g/mol. The molecule has 10 rings (SSSR count). The first-order valence-corrected chi connectivity index (χ1v) is 17.1. The third kappa shape index (κ3) is 4.12. The van der Waals surface area contributed by atoms with Crippen LogP contribution in [-0.2, 0) is 12.8 Å². The van der Waals surface area contributed by atoms with Gasteiger partial charge in [0, 0.05) is 33.5 Å². The van der Waals surface area contributed by atoms with E-state index in [1.807, 2.05) is 0 Å². The molecule has 0 unspecified atom stereocenters. The summed E-state index contributed by atoms with van der Waals surface area (Å²) in [6, 6.07) is 49.4. The Morgan fingerprint density at radius 1 is 0.438 bits per heavy atom. The highest BCUT2D eigenvalue weighted by Gasteiger charge is 2.20. The van der Waals surface area contributed by atoms with Crippen LogP contribution in [0.15, 0.2) is 146 Å². The van der Waals surface area contributed by atoms with Crippen molar-refractivity contribution >= 4 is 44.7 Å². The molecule has 0 aliphatic heterocycles. The molecule has 8 aromatic rings. The first-order valence-electron chi connectivity index (χ1n) is 17.1. The minimum absolute atomic E-state index is 1.09. The largest absolute Gasteiger partial charge is 0.310 e. The van der Waals surface area contributed by atoms with E-state index in [0.29, 0.717) is 0 Å². The van der Waals surface area contributed by atoms with Gasteiger partial charge in [-0.2, -0.15) is 0 Å². The number of rotatable bonds is 4. The number of aryl methyl sites for hydroxylation is 2. The zero-order chi connectivity index (χ0) is 31.6. The van der Waals surface area contributed by atoms with E-state index in [0.717, 1.165) is 25.7 Å². The lowest BCUT2D eigenvalue weighted by Crippen LogP contribution is -2.01. The summed E-state index contributed by atoms with van der Waals surface area (Å²) in [6.45, 7) is 0. The summed E-state index contributed by atoms with van der Waals surface area (Å²) in [5.74, 6) is 0. The van der Waals surface area contributed by atoms with Crippen LogP contribution in [0.4, 0.5) is 0 Å². The molecule has 0 amide bonds. The van der Waals surface area contributed by atoms with E-state index in [4.69, 9.17) is 0 Å². The normalized spacial score (nSPS) is 13.8. The number of aromatic nitrogens is 2. The van der Waals surface area contributed by atoms with Crippen LogP contribution in [0.3, 0.4) is 0 Å². The molecule has 0 saturated heterocycles. The van der Waals surface area contributed by atoms with Gasteiger partial charge in [-0.05, 0) is 118 Å². The molecule has 48 heavy (non-hydrogen) atoms. The number of hydrogen-bond acceptors (Lipinski definition) is 0. The Balaban J connectivity index is 1.15. The van der Waals surface area contributed by atoms with Crippen LogP contribution in [0.5, 0.6) is 0 Å². The molecule has 2 aromatic heterocycles. The van der Waals surface area contributed by atoms with E-state index in [2.05, 4.69) is 167 Å². The third-order valence-corrected chi connectivity index (χ3v) is 10.4. The molecule has 0 radical (unpaired) electrons. The van der Waals surface area contributed by atoms with Crippen molar-refractivity contribution in [2.75, 3.05) is 0 Å². The van der Waals surface area contributed by atoms with Gasteiger partial charge < -0.3 is 9.13 Å².